The van der Waals surface area contributed by atoms with E-state index < -0.39 is 0 Å². The highest BCUT2D eigenvalue weighted by Crippen LogP contribution is 2.20. The summed E-state index contributed by atoms with van der Waals surface area (Å²) in [6, 6.07) is 4.71. The monoisotopic (exact) mass is 302 g/mol. The van der Waals surface area contributed by atoms with Crippen LogP contribution >= 0.6 is 11.3 Å². The maximum absolute atomic E-state index is 2.36. The molecule has 0 aliphatic carbocycles. The van der Waals surface area contributed by atoms with Crippen LogP contribution in [0.2, 0.25) is 0 Å². The first-order chi connectivity index (χ1) is 7.26. The van der Waals surface area contributed by atoms with Crippen LogP contribution in [0.1, 0.15) is 54.8 Å². The molecule has 1 rings (SSSR count). The van der Waals surface area contributed by atoms with E-state index in [2.05, 4.69) is 32.9 Å². The predicted octanol–water partition coefficient (Wildman–Crippen LogP) is 2.03. The Morgan fingerprint density at radius 2 is 1.38 bits per heavy atom. The van der Waals surface area contributed by atoms with E-state index in [0.717, 1.165) is 0 Å². The minimum Gasteiger partial charge on any atom is -1.00 e. The Balaban J connectivity index is 0.00000225. The van der Waals surface area contributed by atoms with Crippen LogP contribution in [0, 0.1) is 6.92 Å². The summed E-state index contributed by atoms with van der Waals surface area (Å²) in [4.78, 5) is 3.14. The molecule has 0 spiro atoms. The van der Waals surface area contributed by atoms with Gasteiger partial charge in [-0.2, -0.15) is 0 Å². The number of hydrogen-bond donors (Lipinski definition) is 0. The fourth-order valence-corrected chi connectivity index (χ4v) is 3.04. The van der Waals surface area contributed by atoms with Gasteiger partial charge in [-0.1, -0.05) is 26.7 Å². The van der Waals surface area contributed by atoms with Crippen LogP contribution in [-0.4, -0.2) is 0 Å². The Morgan fingerprint density at radius 1 is 0.938 bits per heavy atom. The van der Waals surface area contributed by atoms with Crippen molar-refractivity contribution in [3.05, 3.63) is 27.5 Å². The van der Waals surface area contributed by atoms with Crippen molar-refractivity contribution >= 4 is 11.3 Å². The Hall–Kier alpha value is 0.0500. The van der Waals surface area contributed by atoms with E-state index in [1.165, 1.54) is 44.1 Å². The molecular formula is C14H23BrS. The van der Waals surface area contributed by atoms with Crippen LogP contribution in [0.4, 0.5) is 0 Å². The summed E-state index contributed by atoms with van der Waals surface area (Å²) >= 11 is 2.02. The Kier molecular flexibility index (Phi) is 9.15. The molecule has 1 aromatic rings. The molecule has 0 unspecified atom stereocenters. The highest BCUT2D eigenvalue weighted by atomic mass is 79.9. The summed E-state index contributed by atoms with van der Waals surface area (Å²) in [5.74, 6) is 0. The van der Waals surface area contributed by atoms with Crippen molar-refractivity contribution in [1.82, 2.24) is 0 Å². The molecule has 0 saturated heterocycles. The molecule has 16 heavy (non-hydrogen) atoms. The van der Waals surface area contributed by atoms with Crippen molar-refractivity contribution < 1.29 is 17.0 Å². The van der Waals surface area contributed by atoms with Gasteiger partial charge < -0.3 is 17.0 Å². The first kappa shape index (κ1) is 16.1. The van der Waals surface area contributed by atoms with Gasteiger partial charge in [0.15, 0.2) is 0 Å². The van der Waals surface area contributed by atoms with Gasteiger partial charge in [0.2, 0.25) is 21.1 Å². The molecule has 0 aliphatic rings. The molecule has 0 saturated carbocycles. The molecule has 0 fully saturated rings. The van der Waals surface area contributed by atoms with Crippen LogP contribution in [0.3, 0.4) is 0 Å². The van der Waals surface area contributed by atoms with E-state index in [9.17, 15) is 0 Å². The predicted molar refractivity (Wildman–Crippen MR) is 70.7 cm³/mol. The van der Waals surface area contributed by atoms with Crippen LogP contribution in [-0.2, 0) is 12.8 Å². The van der Waals surface area contributed by atoms with Gasteiger partial charge in [0.05, 0.1) is 0 Å². The second-order valence-corrected chi connectivity index (χ2v) is 5.53. The zero-order valence-corrected chi connectivity index (χ0v) is 13.1. The lowest BCUT2D eigenvalue weighted by atomic mass is 10.1. The van der Waals surface area contributed by atoms with E-state index in [4.69, 9.17) is 0 Å². The zero-order chi connectivity index (χ0) is 11.1. The number of hydrogen-bond acceptors (Lipinski definition) is 0. The van der Waals surface area contributed by atoms with Gasteiger partial charge in [0, 0.05) is 25.0 Å². The fraction of sp³-hybridized carbons (Fsp3) is 0.643. The molecule has 0 bridgehead atoms. The minimum atomic E-state index is 0. The molecule has 0 amide bonds. The third-order valence-corrected chi connectivity index (χ3v) is 3.76. The van der Waals surface area contributed by atoms with Crippen molar-refractivity contribution in [2.75, 3.05) is 0 Å². The smallest absolute Gasteiger partial charge is 0.218 e. The van der Waals surface area contributed by atoms with E-state index in [0.29, 0.717) is 0 Å². The zero-order valence-electron chi connectivity index (χ0n) is 10.7. The SMILES string of the molecule is CCCCc1cc(C)cc(CCCC)[s+]1.[Br-]. The first-order valence-electron chi connectivity index (χ1n) is 6.18. The lowest BCUT2D eigenvalue weighted by Gasteiger charge is -1.95. The van der Waals surface area contributed by atoms with E-state index in [1.54, 1.807) is 9.75 Å². The second-order valence-electron chi connectivity index (χ2n) is 4.27. The van der Waals surface area contributed by atoms with Gasteiger partial charge in [-0.05, 0) is 25.3 Å². The number of rotatable bonds is 6. The molecule has 0 nitrogen and oxygen atoms in total. The minimum absolute atomic E-state index is 0. The molecule has 0 atom stereocenters. The topological polar surface area (TPSA) is 0 Å². The standard InChI is InChI=1S/C14H23S.BrH/c1-4-6-8-13-10-12(3)11-14(15-13)9-7-5-2;/h10-11H,4-9H2,1-3H3;1H/q+1;/p-1. The van der Waals surface area contributed by atoms with E-state index in [1.807, 2.05) is 11.3 Å². The summed E-state index contributed by atoms with van der Waals surface area (Å²) in [5, 5.41) is 0. The van der Waals surface area contributed by atoms with Gasteiger partial charge in [-0.25, -0.2) is 0 Å². The van der Waals surface area contributed by atoms with Crippen molar-refractivity contribution in [2.45, 2.75) is 59.3 Å². The summed E-state index contributed by atoms with van der Waals surface area (Å²) in [6.45, 7) is 6.74. The fourth-order valence-electron chi connectivity index (χ4n) is 1.73. The maximum Gasteiger partial charge on any atom is 0.218 e. The highest BCUT2D eigenvalue weighted by molar-refractivity contribution is 7.11. The molecule has 0 aromatic carbocycles. The molecule has 1 heterocycles. The van der Waals surface area contributed by atoms with Crippen LogP contribution in [0.15, 0.2) is 12.1 Å². The molecule has 0 radical (unpaired) electrons. The lowest BCUT2D eigenvalue weighted by Crippen LogP contribution is -3.00. The second kappa shape index (κ2) is 9.12. The summed E-state index contributed by atoms with van der Waals surface area (Å²) < 4.78 is 0. The Morgan fingerprint density at radius 3 is 1.75 bits per heavy atom. The maximum atomic E-state index is 2.36. The Labute approximate surface area is 115 Å². The molecular weight excluding hydrogens is 280 g/mol. The average molecular weight is 303 g/mol. The van der Waals surface area contributed by atoms with E-state index >= 15 is 0 Å². The van der Waals surface area contributed by atoms with Crippen LogP contribution in [0.25, 0.3) is 0 Å². The van der Waals surface area contributed by atoms with Crippen LogP contribution < -0.4 is 17.0 Å². The normalized spacial score (nSPS) is 9.94. The molecule has 1 aromatic heterocycles. The van der Waals surface area contributed by atoms with E-state index in [-0.39, 0.29) is 17.0 Å². The largest absolute Gasteiger partial charge is 1.00 e. The quantitative estimate of drug-likeness (QED) is 0.706. The van der Waals surface area contributed by atoms with Crippen molar-refractivity contribution in [2.24, 2.45) is 0 Å². The van der Waals surface area contributed by atoms with Gasteiger partial charge in [0.25, 0.3) is 0 Å². The third-order valence-electron chi connectivity index (χ3n) is 2.59. The lowest BCUT2D eigenvalue weighted by molar-refractivity contribution is -0.00000329. The van der Waals surface area contributed by atoms with Gasteiger partial charge in [0.1, 0.15) is 0 Å². The number of unbranched alkanes of at least 4 members (excludes halogenated alkanes) is 2. The van der Waals surface area contributed by atoms with Gasteiger partial charge in [-0.3, -0.25) is 0 Å². The number of aryl methyl sites for hydroxylation is 3. The molecule has 2 heteroatoms. The molecule has 92 valence electrons. The van der Waals surface area contributed by atoms with Gasteiger partial charge >= 0.3 is 0 Å². The van der Waals surface area contributed by atoms with Gasteiger partial charge in [-0.15, -0.1) is 0 Å². The summed E-state index contributed by atoms with van der Waals surface area (Å²) in [6.07, 6.45) is 7.78. The third kappa shape index (κ3) is 5.95. The summed E-state index contributed by atoms with van der Waals surface area (Å²) in [7, 11) is 0. The summed E-state index contributed by atoms with van der Waals surface area (Å²) in [5.41, 5.74) is 1.44. The Bertz CT molecular complexity index is 271. The first-order valence-corrected chi connectivity index (χ1v) is 7.00. The van der Waals surface area contributed by atoms with Crippen molar-refractivity contribution in [3.8, 4) is 0 Å². The van der Waals surface area contributed by atoms with Crippen LogP contribution in [0.5, 0.6) is 0 Å². The number of halogens is 1. The highest BCUT2D eigenvalue weighted by Gasteiger charge is 2.12. The van der Waals surface area contributed by atoms with Crippen molar-refractivity contribution in [1.29, 1.82) is 0 Å². The van der Waals surface area contributed by atoms with Crippen molar-refractivity contribution in [3.63, 3.8) is 0 Å². The molecule has 0 N–H and O–H groups in total. The average Bonchev–Trinajstić information content (AvgIpc) is 2.23. The molecule has 0 aliphatic heterocycles.